The minimum absolute atomic E-state index is 0.611. The number of aryl methyl sites for hydroxylation is 1. The van der Waals surface area contributed by atoms with Crippen LogP contribution in [-0.4, -0.2) is 5.71 Å². The van der Waals surface area contributed by atoms with E-state index in [1.165, 1.54) is 5.56 Å². The average molecular weight is 206 g/mol. The molecule has 0 radical (unpaired) electrons. The van der Waals surface area contributed by atoms with Crippen molar-refractivity contribution in [2.45, 2.75) is 40.5 Å². The molecule has 0 bridgehead atoms. The van der Waals surface area contributed by atoms with Gasteiger partial charge in [-0.05, 0) is 24.5 Å². The highest BCUT2D eigenvalue weighted by Crippen LogP contribution is 2.16. The predicted octanol–water partition coefficient (Wildman–Crippen LogP) is 3.64. The Hall–Kier alpha value is -1.31. The first kappa shape index (κ1) is 13.7. The number of nitrogen functional groups attached to an aromatic ring is 1. The smallest absolute Gasteiger partial charge is 0.0408 e. The van der Waals surface area contributed by atoms with Crippen LogP contribution in [-0.2, 0) is 6.42 Å². The van der Waals surface area contributed by atoms with Gasteiger partial charge in [-0.15, -0.1) is 0 Å². The molecule has 1 aromatic rings. The summed E-state index contributed by atoms with van der Waals surface area (Å²) < 4.78 is 0. The lowest BCUT2D eigenvalue weighted by molar-refractivity contribution is 1.14. The summed E-state index contributed by atoms with van der Waals surface area (Å²) in [6, 6.07) is 5.94. The number of rotatable bonds is 3. The highest BCUT2D eigenvalue weighted by molar-refractivity contribution is 6.02. The molecule has 84 valence electrons. The molecule has 0 saturated heterocycles. The number of benzene rings is 1. The molecule has 3 N–H and O–H groups in total. The fraction of sp³-hybridized carbons (Fsp3) is 0.462. The Kier molecular flexibility index (Phi) is 6.43. The maximum Gasteiger partial charge on any atom is 0.0408 e. The van der Waals surface area contributed by atoms with E-state index in [0.717, 1.165) is 24.1 Å². The first-order chi connectivity index (χ1) is 7.19. The van der Waals surface area contributed by atoms with Crippen LogP contribution in [0.5, 0.6) is 0 Å². The van der Waals surface area contributed by atoms with Crippen molar-refractivity contribution >= 4 is 11.4 Å². The number of nitrogens with two attached hydrogens (primary N) is 1. The summed E-state index contributed by atoms with van der Waals surface area (Å²) in [5.41, 5.74) is 9.27. The van der Waals surface area contributed by atoms with Crippen LogP contribution in [0.25, 0.3) is 0 Å². The Bertz CT molecular complexity index is 316. The minimum atomic E-state index is 0.611. The lowest BCUT2D eigenvalue weighted by atomic mass is 10.0. The van der Waals surface area contributed by atoms with Gasteiger partial charge in [-0.25, -0.2) is 0 Å². The Morgan fingerprint density at radius 3 is 2.27 bits per heavy atom. The van der Waals surface area contributed by atoms with E-state index in [0.29, 0.717) is 5.71 Å². The third-order valence-electron chi connectivity index (χ3n) is 2.20. The first-order valence-electron chi connectivity index (χ1n) is 5.65. The molecular weight excluding hydrogens is 184 g/mol. The van der Waals surface area contributed by atoms with Crippen molar-refractivity contribution in [3.05, 3.63) is 29.3 Å². The normalized spacial score (nSPS) is 9.07. The minimum Gasteiger partial charge on any atom is -0.398 e. The Morgan fingerprint density at radius 2 is 1.87 bits per heavy atom. The van der Waals surface area contributed by atoms with Crippen molar-refractivity contribution in [3.63, 3.8) is 0 Å². The largest absolute Gasteiger partial charge is 0.398 e. The van der Waals surface area contributed by atoms with Crippen LogP contribution in [0.15, 0.2) is 18.2 Å². The zero-order valence-electron chi connectivity index (χ0n) is 10.2. The third-order valence-corrected chi connectivity index (χ3v) is 2.20. The van der Waals surface area contributed by atoms with E-state index < -0.39 is 0 Å². The first-order valence-corrected chi connectivity index (χ1v) is 5.65. The van der Waals surface area contributed by atoms with Gasteiger partial charge in [0, 0.05) is 17.0 Å². The lowest BCUT2D eigenvalue weighted by Crippen LogP contribution is -2.02. The summed E-state index contributed by atoms with van der Waals surface area (Å²) in [5, 5.41) is 7.67. The lowest BCUT2D eigenvalue weighted by Gasteiger charge is -2.06. The van der Waals surface area contributed by atoms with E-state index in [1.807, 2.05) is 39.0 Å². The van der Waals surface area contributed by atoms with Gasteiger partial charge in [0.15, 0.2) is 0 Å². The zero-order chi connectivity index (χ0) is 11.8. The highest BCUT2D eigenvalue weighted by Gasteiger charge is 2.03. The maximum atomic E-state index is 7.67. The molecule has 0 aliphatic heterocycles. The molecule has 0 fully saturated rings. The molecular formula is C13H22N2. The molecule has 15 heavy (non-hydrogen) atoms. The molecule has 0 spiro atoms. The SMILES string of the molecule is CC.CCC(=N)c1ccc(CC)cc1N. The molecule has 0 aliphatic carbocycles. The van der Waals surface area contributed by atoms with E-state index in [1.54, 1.807) is 0 Å². The van der Waals surface area contributed by atoms with Crippen LogP contribution in [0.3, 0.4) is 0 Å². The van der Waals surface area contributed by atoms with Gasteiger partial charge >= 0.3 is 0 Å². The van der Waals surface area contributed by atoms with E-state index in [9.17, 15) is 0 Å². The number of hydrogen-bond acceptors (Lipinski definition) is 2. The summed E-state index contributed by atoms with van der Waals surface area (Å²) in [5.74, 6) is 0. The molecule has 0 saturated carbocycles. The second-order valence-corrected chi connectivity index (χ2v) is 3.11. The van der Waals surface area contributed by atoms with Gasteiger partial charge in [0.05, 0.1) is 0 Å². The zero-order valence-corrected chi connectivity index (χ0v) is 10.2. The fourth-order valence-corrected chi connectivity index (χ4v) is 1.30. The second-order valence-electron chi connectivity index (χ2n) is 3.11. The van der Waals surface area contributed by atoms with E-state index in [-0.39, 0.29) is 0 Å². The van der Waals surface area contributed by atoms with Gasteiger partial charge < -0.3 is 11.1 Å². The number of nitrogens with one attached hydrogen (secondary N) is 1. The molecule has 1 aromatic carbocycles. The average Bonchev–Trinajstić information content (AvgIpc) is 2.30. The van der Waals surface area contributed by atoms with E-state index >= 15 is 0 Å². The molecule has 0 aliphatic rings. The third kappa shape index (κ3) is 3.74. The summed E-state index contributed by atoms with van der Waals surface area (Å²) in [7, 11) is 0. The topological polar surface area (TPSA) is 49.9 Å². The van der Waals surface area contributed by atoms with Crippen LogP contribution in [0.2, 0.25) is 0 Å². The molecule has 0 aromatic heterocycles. The van der Waals surface area contributed by atoms with E-state index in [4.69, 9.17) is 11.1 Å². The molecule has 0 amide bonds. The van der Waals surface area contributed by atoms with Crippen LogP contribution in [0.4, 0.5) is 5.69 Å². The molecule has 0 atom stereocenters. The summed E-state index contributed by atoms with van der Waals surface area (Å²) in [6.07, 6.45) is 1.72. The van der Waals surface area contributed by atoms with Crippen molar-refractivity contribution in [1.82, 2.24) is 0 Å². The van der Waals surface area contributed by atoms with Crippen molar-refractivity contribution in [2.75, 3.05) is 5.73 Å². The summed E-state index contributed by atoms with van der Waals surface area (Å²) in [4.78, 5) is 0. The van der Waals surface area contributed by atoms with Gasteiger partial charge in [-0.2, -0.15) is 0 Å². The fourth-order valence-electron chi connectivity index (χ4n) is 1.30. The Balaban J connectivity index is 0.000000921. The Labute approximate surface area is 93.0 Å². The highest BCUT2D eigenvalue weighted by atomic mass is 14.6. The maximum absolute atomic E-state index is 7.67. The van der Waals surface area contributed by atoms with Gasteiger partial charge in [0.2, 0.25) is 0 Å². The summed E-state index contributed by atoms with van der Waals surface area (Å²) >= 11 is 0. The molecule has 2 heteroatoms. The van der Waals surface area contributed by atoms with Gasteiger partial charge in [-0.3, -0.25) is 0 Å². The molecule has 1 rings (SSSR count). The molecule has 2 nitrogen and oxygen atoms in total. The number of anilines is 1. The number of hydrogen-bond donors (Lipinski definition) is 2. The van der Waals surface area contributed by atoms with Crippen molar-refractivity contribution in [2.24, 2.45) is 0 Å². The van der Waals surface area contributed by atoms with Gasteiger partial charge in [0.25, 0.3) is 0 Å². The van der Waals surface area contributed by atoms with Crippen molar-refractivity contribution < 1.29 is 0 Å². The second kappa shape index (κ2) is 7.04. The molecule has 0 heterocycles. The van der Waals surface area contributed by atoms with Crippen LogP contribution in [0, 0.1) is 5.41 Å². The van der Waals surface area contributed by atoms with Gasteiger partial charge in [-0.1, -0.05) is 39.8 Å². The summed E-state index contributed by atoms with van der Waals surface area (Å²) in [6.45, 7) is 8.06. The standard InChI is InChI=1S/C11H16N2.C2H6/c1-3-8-5-6-9(10(12)4-2)11(13)7-8;1-2/h5-7,12H,3-4,13H2,1-2H3;1-2H3. The van der Waals surface area contributed by atoms with Crippen LogP contribution in [0.1, 0.15) is 45.2 Å². The monoisotopic (exact) mass is 206 g/mol. The quantitative estimate of drug-likeness (QED) is 0.575. The predicted molar refractivity (Wildman–Crippen MR) is 68.7 cm³/mol. The van der Waals surface area contributed by atoms with Gasteiger partial charge in [0.1, 0.15) is 0 Å². The van der Waals surface area contributed by atoms with Crippen molar-refractivity contribution in [3.8, 4) is 0 Å². The van der Waals surface area contributed by atoms with Crippen LogP contribution < -0.4 is 5.73 Å². The van der Waals surface area contributed by atoms with E-state index in [2.05, 4.69) is 6.92 Å². The Morgan fingerprint density at radius 1 is 1.27 bits per heavy atom. The van der Waals surface area contributed by atoms with Crippen molar-refractivity contribution in [1.29, 1.82) is 5.41 Å². The van der Waals surface area contributed by atoms with Crippen LogP contribution >= 0.6 is 0 Å². The molecule has 0 unspecified atom stereocenters.